The van der Waals surface area contributed by atoms with E-state index >= 15 is 0 Å². The van der Waals surface area contributed by atoms with E-state index in [1.54, 1.807) is 7.11 Å². The van der Waals surface area contributed by atoms with Crippen LogP contribution in [0.2, 0.25) is 0 Å². The van der Waals surface area contributed by atoms with Crippen LogP contribution in [0.1, 0.15) is 43.6 Å². The molecule has 0 saturated carbocycles. The molecule has 2 N–H and O–H groups in total. The molecule has 2 unspecified atom stereocenters. The maximum absolute atomic E-state index is 13.0. The number of hydrogen-bond donors (Lipinski definition) is 2. The van der Waals surface area contributed by atoms with Gasteiger partial charge in [0.2, 0.25) is 5.91 Å². The molecule has 0 spiro atoms. The van der Waals surface area contributed by atoms with E-state index in [-0.39, 0.29) is 11.9 Å². The lowest BCUT2D eigenvalue weighted by Crippen LogP contribution is -2.51. The molecule has 0 radical (unpaired) electrons. The van der Waals surface area contributed by atoms with Crippen molar-refractivity contribution in [2.45, 2.75) is 44.6 Å². The second-order valence-electron chi connectivity index (χ2n) is 7.32. The molecule has 1 aromatic rings. The van der Waals surface area contributed by atoms with Crippen LogP contribution < -0.4 is 10.6 Å². The van der Waals surface area contributed by atoms with Crippen LogP contribution in [0, 0.1) is 5.41 Å². The number of piperidine rings is 1. The summed E-state index contributed by atoms with van der Waals surface area (Å²) >= 11 is 0. The molecule has 140 valence electrons. The summed E-state index contributed by atoms with van der Waals surface area (Å²) in [4.78, 5) is 13.0. The van der Waals surface area contributed by atoms with Crippen molar-refractivity contribution in [1.82, 2.24) is 15.8 Å². The van der Waals surface area contributed by atoms with E-state index in [0.717, 1.165) is 50.4 Å². The van der Waals surface area contributed by atoms with Gasteiger partial charge in [0.25, 0.3) is 0 Å². The van der Waals surface area contributed by atoms with Crippen LogP contribution in [0.3, 0.4) is 0 Å². The van der Waals surface area contributed by atoms with Gasteiger partial charge in [-0.15, -0.1) is 0 Å². The first-order valence-corrected chi connectivity index (χ1v) is 9.17. The van der Waals surface area contributed by atoms with Gasteiger partial charge in [-0.3, -0.25) is 4.79 Å². The monoisotopic (exact) mass is 351 g/mol. The van der Waals surface area contributed by atoms with E-state index in [1.165, 1.54) is 0 Å². The number of rotatable bonds is 7. The molecule has 1 aromatic heterocycles. The molecule has 2 atom stereocenters. The zero-order valence-electron chi connectivity index (χ0n) is 15.2. The highest BCUT2D eigenvalue weighted by Gasteiger charge is 2.41. The number of hydrogen-bond acceptors (Lipinski definition) is 6. The summed E-state index contributed by atoms with van der Waals surface area (Å²) in [6.07, 6.45) is 3.15. The van der Waals surface area contributed by atoms with E-state index in [4.69, 9.17) is 14.0 Å². The van der Waals surface area contributed by atoms with Gasteiger partial charge in [-0.2, -0.15) is 0 Å². The standard InChI is InChI=1S/C18H29N3O4/c1-13(11-23-2)20-17(22)18(4-6-19-7-5-18)10-15-9-16(21-25-15)14-3-8-24-12-14/h9,13-14,19H,3-8,10-12H2,1-2H3,(H,20,22). The first kappa shape index (κ1) is 18.4. The highest BCUT2D eigenvalue weighted by atomic mass is 16.5. The minimum atomic E-state index is -0.448. The van der Waals surface area contributed by atoms with Crippen LogP contribution in [0.25, 0.3) is 0 Å². The van der Waals surface area contributed by atoms with Crippen molar-refractivity contribution >= 4 is 5.91 Å². The molecule has 0 aliphatic carbocycles. The summed E-state index contributed by atoms with van der Waals surface area (Å²) in [5, 5.41) is 10.7. The Hall–Kier alpha value is -1.44. The normalized spacial score (nSPS) is 24.2. The van der Waals surface area contributed by atoms with E-state index in [9.17, 15) is 4.79 Å². The predicted octanol–water partition coefficient (Wildman–Crippen LogP) is 1.24. The van der Waals surface area contributed by atoms with Gasteiger partial charge in [0.1, 0.15) is 5.76 Å². The van der Waals surface area contributed by atoms with Gasteiger partial charge in [0.05, 0.1) is 24.3 Å². The van der Waals surface area contributed by atoms with Crippen molar-refractivity contribution < 1.29 is 18.8 Å². The Morgan fingerprint density at radius 2 is 2.32 bits per heavy atom. The Morgan fingerprint density at radius 3 is 3.00 bits per heavy atom. The summed E-state index contributed by atoms with van der Waals surface area (Å²) in [7, 11) is 1.64. The average molecular weight is 351 g/mol. The number of nitrogens with one attached hydrogen (secondary N) is 2. The van der Waals surface area contributed by atoms with Crippen LogP contribution >= 0.6 is 0 Å². The predicted molar refractivity (Wildman–Crippen MR) is 92.4 cm³/mol. The number of carbonyl (C=O) groups is 1. The number of amides is 1. The summed E-state index contributed by atoms with van der Waals surface area (Å²) in [6.45, 7) is 5.63. The van der Waals surface area contributed by atoms with E-state index in [0.29, 0.717) is 25.6 Å². The lowest BCUT2D eigenvalue weighted by atomic mass is 9.74. The van der Waals surface area contributed by atoms with Crippen molar-refractivity contribution in [2.75, 3.05) is 40.0 Å². The Morgan fingerprint density at radius 1 is 1.52 bits per heavy atom. The fraction of sp³-hybridized carbons (Fsp3) is 0.778. The number of ether oxygens (including phenoxy) is 2. The third-order valence-corrected chi connectivity index (χ3v) is 5.27. The smallest absolute Gasteiger partial charge is 0.227 e. The molecule has 1 amide bonds. The zero-order valence-corrected chi connectivity index (χ0v) is 15.2. The van der Waals surface area contributed by atoms with Gasteiger partial charge in [-0.25, -0.2) is 0 Å². The second kappa shape index (κ2) is 8.29. The van der Waals surface area contributed by atoms with Crippen LogP contribution in [0.5, 0.6) is 0 Å². The molecule has 2 aliphatic heterocycles. The first-order chi connectivity index (χ1) is 12.1. The van der Waals surface area contributed by atoms with Gasteiger partial charge in [0, 0.05) is 38.2 Å². The molecule has 7 nitrogen and oxygen atoms in total. The lowest BCUT2D eigenvalue weighted by Gasteiger charge is -2.36. The van der Waals surface area contributed by atoms with Crippen molar-refractivity contribution in [3.8, 4) is 0 Å². The summed E-state index contributed by atoms with van der Waals surface area (Å²) < 4.78 is 16.1. The second-order valence-corrected chi connectivity index (χ2v) is 7.32. The maximum Gasteiger partial charge on any atom is 0.227 e. The molecule has 2 saturated heterocycles. The number of methoxy groups -OCH3 is 1. The molecular weight excluding hydrogens is 322 g/mol. The van der Waals surface area contributed by atoms with E-state index in [1.807, 2.05) is 13.0 Å². The molecule has 2 fully saturated rings. The molecule has 3 heterocycles. The molecule has 3 rings (SSSR count). The van der Waals surface area contributed by atoms with Crippen LogP contribution in [0.15, 0.2) is 10.6 Å². The Labute approximate surface area is 148 Å². The summed E-state index contributed by atoms with van der Waals surface area (Å²) in [5.74, 6) is 1.19. The van der Waals surface area contributed by atoms with Crippen LogP contribution in [-0.4, -0.2) is 57.1 Å². The summed E-state index contributed by atoms with van der Waals surface area (Å²) in [6, 6.07) is 2.00. The Kier molecular flexibility index (Phi) is 6.09. The van der Waals surface area contributed by atoms with E-state index < -0.39 is 5.41 Å². The quantitative estimate of drug-likeness (QED) is 0.769. The minimum Gasteiger partial charge on any atom is -0.383 e. The van der Waals surface area contributed by atoms with Crippen molar-refractivity contribution in [3.63, 3.8) is 0 Å². The molecule has 25 heavy (non-hydrogen) atoms. The number of nitrogens with zero attached hydrogens (tertiary/aromatic N) is 1. The fourth-order valence-corrected chi connectivity index (χ4v) is 3.76. The van der Waals surface area contributed by atoms with Gasteiger partial charge in [-0.1, -0.05) is 5.16 Å². The van der Waals surface area contributed by atoms with Gasteiger partial charge in [0.15, 0.2) is 0 Å². The number of aromatic nitrogens is 1. The van der Waals surface area contributed by atoms with Crippen molar-refractivity contribution in [3.05, 3.63) is 17.5 Å². The molecule has 2 aliphatic rings. The Bertz CT molecular complexity index is 562. The third-order valence-electron chi connectivity index (χ3n) is 5.27. The van der Waals surface area contributed by atoms with Gasteiger partial charge < -0.3 is 24.6 Å². The molecule has 7 heteroatoms. The highest BCUT2D eigenvalue weighted by molar-refractivity contribution is 5.83. The van der Waals surface area contributed by atoms with Gasteiger partial charge in [-0.05, 0) is 39.3 Å². The highest BCUT2D eigenvalue weighted by Crippen LogP contribution is 2.35. The summed E-state index contributed by atoms with van der Waals surface area (Å²) in [5.41, 5.74) is 0.501. The largest absolute Gasteiger partial charge is 0.383 e. The molecule has 0 bridgehead atoms. The van der Waals surface area contributed by atoms with Crippen molar-refractivity contribution in [2.24, 2.45) is 5.41 Å². The third kappa shape index (κ3) is 4.40. The first-order valence-electron chi connectivity index (χ1n) is 9.17. The fourth-order valence-electron chi connectivity index (χ4n) is 3.76. The lowest BCUT2D eigenvalue weighted by molar-refractivity contribution is -0.133. The Balaban J connectivity index is 1.70. The SMILES string of the molecule is COCC(C)NC(=O)C1(Cc2cc(C3CCOC3)no2)CCNCC1. The molecular formula is C18H29N3O4. The topological polar surface area (TPSA) is 85.6 Å². The molecule has 0 aromatic carbocycles. The van der Waals surface area contributed by atoms with Crippen LogP contribution in [0.4, 0.5) is 0 Å². The zero-order chi connectivity index (χ0) is 17.7. The maximum atomic E-state index is 13.0. The van der Waals surface area contributed by atoms with Crippen molar-refractivity contribution in [1.29, 1.82) is 0 Å². The minimum absolute atomic E-state index is 0.00909. The average Bonchev–Trinajstić information content (AvgIpc) is 3.27. The number of carbonyl (C=O) groups excluding carboxylic acids is 1. The van der Waals surface area contributed by atoms with Gasteiger partial charge >= 0.3 is 0 Å². The van der Waals surface area contributed by atoms with E-state index in [2.05, 4.69) is 15.8 Å². The van der Waals surface area contributed by atoms with Crippen LogP contribution in [-0.2, 0) is 20.7 Å².